The lowest BCUT2D eigenvalue weighted by molar-refractivity contribution is -0.133. The van der Waals surface area contributed by atoms with E-state index in [4.69, 9.17) is 19.2 Å². The number of esters is 1. The van der Waals surface area contributed by atoms with Gasteiger partial charge in [0.05, 0.1) is 44.5 Å². The summed E-state index contributed by atoms with van der Waals surface area (Å²) in [6.07, 6.45) is 5.43. The van der Waals surface area contributed by atoms with Gasteiger partial charge in [0.2, 0.25) is 5.88 Å². The minimum Gasteiger partial charge on any atom is -0.503 e. The van der Waals surface area contributed by atoms with Crippen molar-refractivity contribution < 1.29 is 19.0 Å². The molecule has 6 nitrogen and oxygen atoms in total. The molecule has 7 heteroatoms. The van der Waals surface area contributed by atoms with Crippen molar-refractivity contribution in [2.24, 2.45) is 10.9 Å². The number of benzene rings is 1. The van der Waals surface area contributed by atoms with Gasteiger partial charge in [0.25, 0.3) is 0 Å². The summed E-state index contributed by atoms with van der Waals surface area (Å²) in [6.45, 7) is 0. The molecule has 29 heavy (non-hydrogen) atoms. The molecule has 0 aliphatic heterocycles. The molecule has 3 rings (SSSR count). The summed E-state index contributed by atoms with van der Waals surface area (Å²) < 4.78 is 15.1. The van der Waals surface area contributed by atoms with Crippen LogP contribution < -0.4 is 4.74 Å². The van der Waals surface area contributed by atoms with Crippen molar-refractivity contribution in [2.75, 3.05) is 21.3 Å². The number of rotatable bonds is 8. The topological polar surface area (TPSA) is 70.0 Å². The summed E-state index contributed by atoms with van der Waals surface area (Å²) in [5.41, 5.74) is 3.03. The van der Waals surface area contributed by atoms with Crippen molar-refractivity contribution in [3.05, 3.63) is 60.0 Å². The standard InChI is InChI=1S/C22H24N2O4S/c1-26-13-19(22(25)28-3)18-7-5-4-6-16(18)14-29-21(15-8-9-15)24-17-10-11-20(27-2)23-12-17/h4-7,10-13,15H,8-9,14H2,1-3H3/b19-13+,24-21?. The third-order valence-corrected chi connectivity index (χ3v) is 5.60. The van der Waals surface area contributed by atoms with E-state index in [1.165, 1.54) is 20.5 Å². The second kappa shape index (κ2) is 10.1. The SMILES string of the molecule is CO/C=C(/C(=O)OC)c1ccccc1CSC(=Nc1ccc(OC)nc1)C1CC1. The van der Waals surface area contributed by atoms with Gasteiger partial charge in [-0.15, -0.1) is 11.8 Å². The van der Waals surface area contributed by atoms with E-state index in [1.54, 1.807) is 25.1 Å². The maximum absolute atomic E-state index is 12.2. The van der Waals surface area contributed by atoms with E-state index in [1.807, 2.05) is 36.4 Å². The molecule has 152 valence electrons. The number of pyridine rings is 1. The predicted molar refractivity (Wildman–Crippen MR) is 115 cm³/mol. The van der Waals surface area contributed by atoms with Gasteiger partial charge in [0, 0.05) is 17.7 Å². The molecule has 1 aromatic carbocycles. The summed E-state index contributed by atoms with van der Waals surface area (Å²) in [6, 6.07) is 11.5. The highest BCUT2D eigenvalue weighted by atomic mass is 32.2. The van der Waals surface area contributed by atoms with Crippen LogP contribution in [0.4, 0.5) is 5.69 Å². The second-order valence-corrected chi connectivity index (χ2v) is 7.48. The van der Waals surface area contributed by atoms with Gasteiger partial charge in [-0.05, 0) is 30.0 Å². The molecule has 1 saturated carbocycles. The maximum atomic E-state index is 12.2. The van der Waals surface area contributed by atoms with Crippen molar-refractivity contribution in [1.82, 2.24) is 4.98 Å². The normalized spacial score (nSPS) is 14.4. The molecular formula is C22H24N2O4S. The van der Waals surface area contributed by atoms with Gasteiger partial charge in [-0.3, -0.25) is 0 Å². The minimum absolute atomic E-state index is 0.399. The molecule has 0 saturated heterocycles. The Morgan fingerprint density at radius 1 is 1.21 bits per heavy atom. The Labute approximate surface area is 175 Å². The van der Waals surface area contributed by atoms with E-state index < -0.39 is 5.97 Å². The molecule has 2 aromatic rings. The van der Waals surface area contributed by atoms with Crippen LogP contribution in [0.5, 0.6) is 5.88 Å². The van der Waals surface area contributed by atoms with Gasteiger partial charge >= 0.3 is 5.97 Å². The molecule has 0 amide bonds. The highest BCUT2D eigenvalue weighted by Gasteiger charge is 2.28. The number of methoxy groups -OCH3 is 3. The van der Waals surface area contributed by atoms with Crippen LogP contribution in [0.2, 0.25) is 0 Å². The van der Waals surface area contributed by atoms with Gasteiger partial charge in [-0.1, -0.05) is 24.3 Å². The molecule has 1 aliphatic rings. The third-order valence-electron chi connectivity index (χ3n) is 4.42. The summed E-state index contributed by atoms with van der Waals surface area (Å²) in [5, 5.41) is 1.09. The van der Waals surface area contributed by atoms with Crippen LogP contribution in [-0.4, -0.2) is 37.3 Å². The lowest BCUT2D eigenvalue weighted by atomic mass is 10.0. The first kappa shape index (κ1) is 20.9. The molecule has 0 atom stereocenters. The number of nitrogens with zero attached hydrogens (tertiary/aromatic N) is 2. The van der Waals surface area contributed by atoms with Crippen LogP contribution in [0.25, 0.3) is 5.57 Å². The van der Waals surface area contributed by atoms with Gasteiger partial charge < -0.3 is 14.2 Å². The summed E-state index contributed by atoms with van der Waals surface area (Å²) in [5.74, 6) is 1.32. The smallest absolute Gasteiger partial charge is 0.341 e. The molecule has 1 fully saturated rings. The van der Waals surface area contributed by atoms with Crippen molar-refractivity contribution in [2.45, 2.75) is 18.6 Å². The molecule has 1 aromatic heterocycles. The van der Waals surface area contributed by atoms with Crippen molar-refractivity contribution in [3.8, 4) is 5.88 Å². The van der Waals surface area contributed by atoms with E-state index >= 15 is 0 Å². The second-order valence-electron chi connectivity index (χ2n) is 6.49. The van der Waals surface area contributed by atoms with Gasteiger partial charge in [-0.25, -0.2) is 14.8 Å². The highest BCUT2D eigenvalue weighted by molar-refractivity contribution is 8.13. The van der Waals surface area contributed by atoms with E-state index in [2.05, 4.69) is 4.98 Å². The van der Waals surface area contributed by atoms with Crippen molar-refractivity contribution >= 4 is 34.0 Å². The van der Waals surface area contributed by atoms with Crippen LogP contribution in [0.1, 0.15) is 24.0 Å². The number of aromatic nitrogens is 1. The third kappa shape index (κ3) is 5.60. The average molecular weight is 413 g/mol. The van der Waals surface area contributed by atoms with Crippen molar-refractivity contribution in [3.63, 3.8) is 0 Å². The molecule has 1 heterocycles. The number of thioether (sulfide) groups is 1. The number of aliphatic imine (C=N–C) groups is 1. The molecule has 1 aliphatic carbocycles. The number of ether oxygens (including phenoxy) is 3. The van der Waals surface area contributed by atoms with Gasteiger partial charge in [-0.2, -0.15) is 0 Å². The Hall–Kier alpha value is -2.80. The first-order valence-electron chi connectivity index (χ1n) is 9.27. The number of carbonyl (C=O) groups excluding carboxylic acids is 1. The van der Waals surface area contributed by atoms with E-state index in [-0.39, 0.29) is 0 Å². The quantitative estimate of drug-likeness (QED) is 0.207. The van der Waals surface area contributed by atoms with Crippen LogP contribution in [0, 0.1) is 5.92 Å². The fraction of sp³-hybridized carbons (Fsp3) is 0.318. The van der Waals surface area contributed by atoms with Crippen LogP contribution >= 0.6 is 11.8 Å². The minimum atomic E-state index is -0.426. The molecule has 0 spiro atoms. The summed E-state index contributed by atoms with van der Waals surface area (Å²) in [4.78, 5) is 21.2. The number of hydrogen-bond donors (Lipinski definition) is 0. The Morgan fingerprint density at radius 3 is 2.62 bits per heavy atom. The highest BCUT2D eigenvalue weighted by Crippen LogP contribution is 2.38. The molecule has 0 unspecified atom stereocenters. The monoisotopic (exact) mass is 412 g/mol. The first-order valence-corrected chi connectivity index (χ1v) is 10.3. The Morgan fingerprint density at radius 2 is 2.00 bits per heavy atom. The zero-order valence-corrected chi connectivity index (χ0v) is 17.6. The fourth-order valence-electron chi connectivity index (χ4n) is 2.77. The Kier molecular flexibility index (Phi) is 7.30. The number of carbonyl (C=O) groups is 1. The zero-order chi connectivity index (χ0) is 20.6. The predicted octanol–water partition coefficient (Wildman–Crippen LogP) is 4.62. The lowest BCUT2D eigenvalue weighted by Gasteiger charge is -2.12. The zero-order valence-electron chi connectivity index (χ0n) is 16.8. The van der Waals surface area contributed by atoms with Crippen molar-refractivity contribution in [1.29, 1.82) is 0 Å². The van der Waals surface area contributed by atoms with E-state index in [0.717, 1.165) is 34.7 Å². The Bertz CT molecular complexity index is 905. The fourth-order valence-corrected chi connectivity index (χ4v) is 3.96. The molecular weight excluding hydrogens is 388 g/mol. The van der Waals surface area contributed by atoms with Gasteiger partial charge in [0.15, 0.2) is 0 Å². The van der Waals surface area contributed by atoms with Crippen LogP contribution in [-0.2, 0) is 20.0 Å². The van der Waals surface area contributed by atoms with Gasteiger partial charge in [0.1, 0.15) is 5.57 Å². The van der Waals surface area contributed by atoms with Crippen LogP contribution in [0.3, 0.4) is 0 Å². The van der Waals surface area contributed by atoms with E-state index in [0.29, 0.717) is 23.1 Å². The van der Waals surface area contributed by atoms with E-state index in [9.17, 15) is 4.79 Å². The molecule has 0 N–H and O–H groups in total. The summed E-state index contributed by atoms with van der Waals surface area (Å²) in [7, 11) is 4.47. The molecule has 0 radical (unpaired) electrons. The lowest BCUT2D eigenvalue weighted by Crippen LogP contribution is -2.07. The molecule has 0 bridgehead atoms. The maximum Gasteiger partial charge on any atom is 0.341 e. The summed E-state index contributed by atoms with van der Waals surface area (Å²) >= 11 is 1.69. The average Bonchev–Trinajstić information content (AvgIpc) is 3.60. The Balaban J connectivity index is 1.81. The largest absolute Gasteiger partial charge is 0.503 e. The first-order chi connectivity index (χ1) is 14.2. The van der Waals surface area contributed by atoms with Crippen LogP contribution in [0.15, 0.2) is 53.8 Å². The number of hydrogen-bond acceptors (Lipinski definition) is 7.